The fraction of sp³-hybridized carbons (Fsp3) is 0.188. The molecule has 0 heterocycles. The van der Waals surface area contributed by atoms with Crippen molar-refractivity contribution in [2.24, 2.45) is 0 Å². The maximum absolute atomic E-state index is 10.3. The van der Waals surface area contributed by atoms with Crippen molar-refractivity contribution < 1.29 is 9.90 Å². The van der Waals surface area contributed by atoms with Gasteiger partial charge in [-0.1, -0.05) is 54.6 Å². The Morgan fingerprint density at radius 1 is 0.947 bits per heavy atom. The third-order valence-electron chi connectivity index (χ3n) is 2.93. The Balaban J connectivity index is 1.90. The second-order valence-electron chi connectivity index (χ2n) is 4.38. The molecule has 2 N–H and O–H groups in total. The monoisotopic (exact) mass is 255 g/mol. The molecule has 2 rings (SSSR count). The van der Waals surface area contributed by atoms with E-state index in [1.165, 1.54) is 16.7 Å². The van der Waals surface area contributed by atoms with Crippen molar-refractivity contribution in [1.82, 2.24) is 5.32 Å². The Hall–Kier alpha value is -2.13. The standard InChI is InChI=1S/C16H17NO2/c18-16(19)12-17-11-10-13-6-8-15(9-7-13)14-4-2-1-3-5-14/h1-9,17H,10-12H2,(H,18,19). The largest absolute Gasteiger partial charge is 0.480 e. The summed E-state index contributed by atoms with van der Waals surface area (Å²) in [6.07, 6.45) is 0.836. The molecule has 0 radical (unpaired) electrons. The second-order valence-corrected chi connectivity index (χ2v) is 4.38. The predicted molar refractivity (Wildman–Crippen MR) is 76.1 cm³/mol. The van der Waals surface area contributed by atoms with E-state index in [0.29, 0.717) is 6.54 Å². The molecule has 3 heteroatoms. The summed E-state index contributed by atoms with van der Waals surface area (Å²) in [5.74, 6) is -0.820. The summed E-state index contributed by atoms with van der Waals surface area (Å²) in [6.45, 7) is 0.694. The molecule has 0 bridgehead atoms. The maximum atomic E-state index is 10.3. The van der Waals surface area contributed by atoms with Crippen LogP contribution in [0.5, 0.6) is 0 Å². The molecule has 0 saturated heterocycles. The van der Waals surface area contributed by atoms with Crippen LogP contribution in [0.1, 0.15) is 5.56 Å². The third kappa shape index (κ3) is 4.23. The van der Waals surface area contributed by atoms with Gasteiger partial charge in [-0.05, 0) is 29.7 Å². The van der Waals surface area contributed by atoms with Gasteiger partial charge in [0.2, 0.25) is 0 Å². The lowest BCUT2D eigenvalue weighted by atomic mass is 10.0. The van der Waals surface area contributed by atoms with Gasteiger partial charge in [-0.2, -0.15) is 0 Å². The molecule has 0 unspecified atom stereocenters. The van der Waals surface area contributed by atoms with Crippen LogP contribution in [0.25, 0.3) is 11.1 Å². The van der Waals surface area contributed by atoms with Crippen LogP contribution >= 0.6 is 0 Å². The van der Waals surface area contributed by atoms with Gasteiger partial charge in [0.05, 0.1) is 6.54 Å². The molecule has 0 spiro atoms. The van der Waals surface area contributed by atoms with E-state index in [-0.39, 0.29) is 6.54 Å². The third-order valence-corrected chi connectivity index (χ3v) is 2.93. The summed E-state index contributed by atoms with van der Waals surface area (Å²) in [7, 11) is 0. The number of benzene rings is 2. The molecule has 19 heavy (non-hydrogen) atoms. The van der Waals surface area contributed by atoms with Crippen LogP contribution in [0.4, 0.5) is 0 Å². The minimum Gasteiger partial charge on any atom is -0.480 e. The molecule has 0 saturated carbocycles. The SMILES string of the molecule is O=C(O)CNCCc1ccc(-c2ccccc2)cc1. The van der Waals surface area contributed by atoms with Crippen molar-refractivity contribution in [1.29, 1.82) is 0 Å². The van der Waals surface area contributed by atoms with E-state index in [2.05, 4.69) is 41.7 Å². The summed E-state index contributed by atoms with van der Waals surface area (Å²) in [5, 5.41) is 11.4. The topological polar surface area (TPSA) is 49.3 Å². The number of rotatable bonds is 6. The first-order chi connectivity index (χ1) is 9.25. The average molecular weight is 255 g/mol. The fourth-order valence-corrected chi connectivity index (χ4v) is 1.92. The molecule has 0 aliphatic rings. The summed E-state index contributed by atoms with van der Waals surface area (Å²) in [6, 6.07) is 18.6. The normalized spacial score (nSPS) is 10.3. The van der Waals surface area contributed by atoms with Crippen LogP contribution in [0, 0.1) is 0 Å². The van der Waals surface area contributed by atoms with E-state index in [9.17, 15) is 4.79 Å². The Morgan fingerprint density at radius 3 is 2.21 bits per heavy atom. The minimum atomic E-state index is -0.820. The van der Waals surface area contributed by atoms with Gasteiger partial charge in [-0.15, -0.1) is 0 Å². The van der Waals surface area contributed by atoms with Crippen molar-refractivity contribution in [2.75, 3.05) is 13.1 Å². The number of aliphatic carboxylic acids is 1. The van der Waals surface area contributed by atoms with Gasteiger partial charge >= 0.3 is 5.97 Å². The zero-order valence-electron chi connectivity index (χ0n) is 10.7. The average Bonchev–Trinajstić information content (AvgIpc) is 2.45. The van der Waals surface area contributed by atoms with Crippen molar-refractivity contribution in [3.05, 3.63) is 60.2 Å². The molecule has 2 aromatic carbocycles. The lowest BCUT2D eigenvalue weighted by molar-refractivity contribution is -0.135. The lowest BCUT2D eigenvalue weighted by Crippen LogP contribution is -2.24. The van der Waals surface area contributed by atoms with Gasteiger partial charge in [0.25, 0.3) is 0 Å². The summed E-state index contributed by atoms with van der Waals surface area (Å²) in [5.41, 5.74) is 3.61. The first-order valence-electron chi connectivity index (χ1n) is 6.32. The van der Waals surface area contributed by atoms with Crippen LogP contribution in [0.2, 0.25) is 0 Å². The highest BCUT2D eigenvalue weighted by Gasteiger charge is 1.98. The van der Waals surface area contributed by atoms with E-state index >= 15 is 0 Å². The molecule has 3 nitrogen and oxygen atoms in total. The molecule has 0 atom stereocenters. The molecule has 0 aliphatic heterocycles. The Bertz CT molecular complexity index is 520. The van der Waals surface area contributed by atoms with E-state index in [1.54, 1.807) is 0 Å². The van der Waals surface area contributed by atoms with Crippen molar-refractivity contribution in [2.45, 2.75) is 6.42 Å². The molecule has 98 valence electrons. The molecule has 0 fully saturated rings. The summed E-state index contributed by atoms with van der Waals surface area (Å²) in [4.78, 5) is 10.3. The first kappa shape index (κ1) is 13.3. The Morgan fingerprint density at radius 2 is 1.58 bits per heavy atom. The van der Waals surface area contributed by atoms with E-state index in [0.717, 1.165) is 6.42 Å². The summed E-state index contributed by atoms with van der Waals surface area (Å²) < 4.78 is 0. The van der Waals surface area contributed by atoms with Crippen LogP contribution in [-0.2, 0) is 11.2 Å². The van der Waals surface area contributed by atoms with Gasteiger partial charge < -0.3 is 10.4 Å². The van der Waals surface area contributed by atoms with Crippen molar-refractivity contribution in [3.8, 4) is 11.1 Å². The summed E-state index contributed by atoms with van der Waals surface area (Å²) >= 11 is 0. The quantitative estimate of drug-likeness (QED) is 0.780. The van der Waals surface area contributed by atoms with E-state index in [4.69, 9.17) is 5.11 Å². The zero-order chi connectivity index (χ0) is 13.5. The van der Waals surface area contributed by atoms with Gasteiger partial charge in [-0.3, -0.25) is 4.79 Å². The number of carboxylic acids is 1. The van der Waals surface area contributed by atoms with Crippen LogP contribution in [-0.4, -0.2) is 24.2 Å². The Labute approximate surface area is 112 Å². The van der Waals surface area contributed by atoms with Gasteiger partial charge in [0, 0.05) is 0 Å². The number of carbonyl (C=O) groups is 1. The molecule has 2 aromatic rings. The predicted octanol–water partition coefficient (Wildman–Crippen LogP) is 2.57. The number of carboxylic acid groups (broad SMARTS) is 1. The van der Waals surface area contributed by atoms with E-state index < -0.39 is 5.97 Å². The first-order valence-corrected chi connectivity index (χ1v) is 6.32. The fourth-order valence-electron chi connectivity index (χ4n) is 1.92. The van der Waals surface area contributed by atoms with E-state index in [1.807, 2.05) is 18.2 Å². The second kappa shape index (κ2) is 6.71. The van der Waals surface area contributed by atoms with Gasteiger partial charge in [-0.25, -0.2) is 0 Å². The zero-order valence-corrected chi connectivity index (χ0v) is 10.7. The highest BCUT2D eigenvalue weighted by Crippen LogP contribution is 2.19. The molecular weight excluding hydrogens is 238 g/mol. The maximum Gasteiger partial charge on any atom is 0.317 e. The Kier molecular flexibility index (Phi) is 4.70. The molecule has 0 aliphatic carbocycles. The number of hydrogen-bond donors (Lipinski definition) is 2. The van der Waals surface area contributed by atoms with Crippen molar-refractivity contribution in [3.63, 3.8) is 0 Å². The van der Waals surface area contributed by atoms with Crippen molar-refractivity contribution >= 4 is 5.97 Å². The highest BCUT2D eigenvalue weighted by molar-refractivity contribution is 5.69. The lowest BCUT2D eigenvalue weighted by Gasteiger charge is -2.05. The highest BCUT2D eigenvalue weighted by atomic mass is 16.4. The molecule has 0 amide bonds. The molecule has 0 aromatic heterocycles. The van der Waals surface area contributed by atoms with Gasteiger partial charge in [0.1, 0.15) is 0 Å². The smallest absolute Gasteiger partial charge is 0.317 e. The number of hydrogen-bond acceptors (Lipinski definition) is 2. The van der Waals surface area contributed by atoms with Crippen LogP contribution < -0.4 is 5.32 Å². The molecular formula is C16H17NO2. The van der Waals surface area contributed by atoms with Crippen LogP contribution in [0.3, 0.4) is 0 Å². The van der Waals surface area contributed by atoms with Gasteiger partial charge in [0.15, 0.2) is 0 Å². The number of nitrogens with one attached hydrogen (secondary N) is 1. The van der Waals surface area contributed by atoms with Crippen LogP contribution in [0.15, 0.2) is 54.6 Å². The minimum absolute atomic E-state index is 0.0160.